The van der Waals surface area contributed by atoms with Crippen molar-refractivity contribution in [3.63, 3.8) is 0 Å². The van der Waals surface area contributed by atoms with Crippen LogP contribution in [0.5, 0.6) is 5.75 Å². The number of hydrogen-bond acceptors (Lipinski definition) is 3. The molecule has 0 radical (unpaired) electrons. The summed E-state index contributed by atoms with van der Waals surface area (Å²) in [7, 11) is 0. The lowest BCUT2D eigenvalue weighted by Crippen LogP contribution is -2.25. The smallest absolute Gasteiger partial charge is 0.261 e. The minimum absolute atomic E-state index is 0.0590. The highest BCUT2D eigenvalue weighted by Gasteiger charge is 2.11. The third-order valence-electron chi connectivity index (χ3n) is 3.69. The van der Waals surface area contributed by atoms with Crippen molar-refractivity contribution in [2.45, 2.75) is 26.4 Å². The van der Waals surface area contributed by atoms with Gasteiger partial charge in [-0.2, -0.15) is 5.26 Å². The van der Waals surface area contributed by atoms with Crippen LogP contribution in [0.4, 0.5) is 0 Å². The SMILES string of the molecule is CCCCNC(=O)/C(C#N)=C\c1cc(Br)ccc1OCc1ccccc1. The van der Waals surface area contributed by atoms with E-state index in [1.54, 1.807) is 6.08 Å². The number of nitrogens with zero attached hydrogens (tertiary/aromatic N) is 1. The third-order valence-corrected chi connectivity index (χ3v) is 4.18. The second-order valence-corrected chi connectivity index (χ2v) is 6.65. The van der Waals surface area contributed by atoms with Gasteiger partial charge >= 0.3 is 0 Å². The summed E-state index contributed by atoms with van der Waals surface area (Å²) in [5.41, 5.74) is 1.78. The van der Waals surface area contributed by atoms with Gasteiger partial charge in [-0.1, -0.05) is 59.6 Å². The van der Waals surface area contributed by atoms with Crippen molar-refractivity contribution in [1.82, 2.24) is 5.32 Å². The van der Waals surface area contributed by atoms with E-state index in [1.807, 2.05) is 61.5 Å². The summed E-state index contributed by atoms with van der Waals surface area (Å²) in [5.74, 6) is 0.251. The van der Waals surface area contributed by atoms with E-state index in [1.165, 1.54) is 0 Å². The molecule has 1 N–H and O–H groups in total. The van der Waals surface area contributed by atoms with Gasteiger partial charge in [0.2, 0.25) is 0 Å². The maximum atomic E-state index is 12.2. The topological polar surface area (TPSA) is 62.1 Å². The number of nitriles is 1. The molecule has 1 amide bonds. The summed E-state index contributed by atoms with van der Waals surface area (Å²) in [4.78, 5) is 12.2. The van der Waals surface area contributed by atoms with E-state index in [0.29, 0.717) is 24.5 Å². The predicted molar refractivity (Wildman–Crippen MR) is 106 cm³/mol. The number of halogens is 1. The summed E-state index contributed by atoms with van der Waals surface area (Å²) >= 11 is 3.42. The number of ether oxygens (including phenoxy) is 1. The zero-order valence-electron chi connectivity index (χ0n) is 14.7. The molecule has 0 unspecified atom stereocenters. The second-order valence-electron chi connectivity index (χ2n) is 5.74. The molecular weight excluding hydrogens is 392 g/mol. The highest BCUT2D eigenvalue weighted by Crippen LogP contribution is 2.26. The average Bonchev–Trinajstić information content (AvgIpc) is 2.66. The average molecular weight is 413 g/mol. The zero-order chi connectivity index (χ0) is 18.8. The molecule has 0 saturated carbocycles. The number of amides is 1. The van der Waals surface area contributed by atoms with Gasteiger partial charge in [0.05, 0.1) is 0 Å². The lowest BCUT2D eigenvalue weighted by Gasteiger charge is -2.11. The van der Waals surface area contributed by atoms with Crippen molar-refractivity contribution in [2.24, 2.45) is 0 Å². The number of nitrogens with one attached hydrogen (secondary N) is 1. The van der Waals surface area contributed by atoms with Gasteiger partial charge < -0.3 is 10.1 Å². The molecule has 2 aromatic carbocycles. The highest BCUT2D eigenvalue weighted by atomic mass is 79.9. The fourth-order valence-electron chi connectivity index (χ4n) is 2.28. The molecule has 2 rings (SSSR count). The lowest BCUT2D eigenvalue weighted by molar-refractivity contribution is -0.117. The second kappa shape index (κ2) is 10.4. The molecule has 134 valence electrons. The molecule has 0 heterocycles. The highest BCUT2D eigenvalue weighted by molar-refractivity contribution is 9.10. The van der Waals surface area contributed by atoms with Crippen molar-refractivity contribution in [1.29, 1.82) is 5.26 Å². The quantitative estimate of drug-likeness (QED) is 0.382. The Morgan fingerprint density at radius 3 is 2.73 bits per heavy atom. The van der Waals surface area contributed by atoms with Crippen LogP contribution in [-0.4, -0.2) is 12.5 Å². The fourth-order valence-corrected chi connectivity index (χ4v) is 2.66. The minimum atomic E-state index is -0.366. The minimum Gasteiger partial charge on any atom is -0.488 e. The Balaban J connectivity index is 2.19. The van der Waals surface area contributed by atoms with Gasteiger partial charge in [-0.05, 0) is 36.3 Å². The summed E-state index contributed by atoms with van der Waals surface area (Å²) in [6.07, 6.45) is 3.42. The number of rotatable bonds is 8. The van der Waals surface area contributed by atoms with Gasteiger partial charge in [0.15, 0.2) is 0 Å². The van der Waals surface area contributed by atoms with Crippen LogP contribution in [0.25, 0.3) is 6.08 Å². The number of carbonyl (C=O) groups excluding carboxylic acids is 1. The molecule has 0 bridgehead atoms. The summed E-state index contributed by atoms with van der Waals surface area (Å²) < 4.78 is 6.74. The number of carbonyl (C=O) groups is 1. The van der Waals surface area contributed by atoms with Crippen molar-refractivity contribution >= 4 is 27.9 Å². The summed E-state index contributed by atoms with van der Waals surface area (Å²) in [5, 5.41) is 12.1. The van der Waals surface area contributed by atoms with E-state index in [0.717, 1.165) is 22.9 Å². The van der Waals surface area contributed by atoms with Gasteiger partial charge in [0.1, 0.15) is 24.0 Å². The van der Waals surface area contributed by atoms with Crippen LogP contribution >= 0.6 is 15.9 Å². The van der Waals surface area contributed by atoms with Crippen molar-refractivity contribution in [2.75, 3.05) is 6.54 Å². The molecule has 4 nitrogen and oxygen atoms in total. The molecule has 5 heteroatoms. The fraction of sp³-hybridized carbons (Fsp3) is 0.238. The maximum Gasteiger partial charge on any atom is 0.261 e. The molecule has 0 fully saturated rings. The van der Waals surface area contributed by atoms with E-state index < -0.39 is 0 Å². The van der Waals surface area contributed by atoms with Gasteiger partial charge in [0.25, 0.3) is 5.91 Å². The Kier molecular flexibility index (Phi) is 7.91. The van der Waals surface area contributed by atoms with E-state index >= 15 is 0 Å². The van der Waals surface area contributed by atoms with Crippen molar-refractivity contribution in [3.05, 3.63) is 69.7 Å². The van der Waals surface area contributed by atoms with Gasteiger partial charge in [-0.25, -0.2) is 0 Å². The largest absolute Gasteiger partial charge is 0.488 e. The van der Waals surface area contributed by atoms with Gasteiger partial charge in [-0.15, -0.1) is 0 Å². The van der Waals surface area contributed by atoms with Gasteiger partial charge in [-0.3, -0.25) is 4.79 Å². The first-order valence-corrected chi connectivity index (χ1v) is 9.29. The Labute approximate surface area is 162 Å². The number of benzene rings is 2. The first kappa shape index (κ1) is 19.7. The van der Waals surface area contributed by atoms with Crippen LogP contribution in [-0.2, 0) is 11.4 Å². The van der Waals surface area contributed by atoms with Crippen molar-refractivity contribution in [3.8, 4) is 11.8 Å². The van der Waals surface area contributed by atoms with Crippen molar-refractivity contribution < 1.29 is 9.53 Å². The third kappa shape index (κ3) is 6.05. The Bertz CT molecular complexity index is 811. The Morgan fingerprint density at radius 1 is 1.27 bits per heavy atom. The standard InChI is InChI=1S/C21H21BrN2O2/c1-2-3-11-24-21(25)18(14-23)12-17-13-19(22)9-10-20(17)26-15-16-7-5-4-6-8-16/h4-10,12-13H,2-3,11,15H2,1H3,(H,24,25)/b18-12-. The molecule has 2 aromatic rings. The molecule has 0 aliphatic heterocycles. The van der Waals surface area contributed by atoms with E-state index in [2.05, 4.69) is 21.2 Å². The molecule has 0 saturated heterocycles. The van der Waals surface area contributed by atoms with E-state index in [4.69, 9.17) is 4.74 Å². The Morgan fingerprint density at radius 2 is 2.04 bits per heavy atom. The normalized spacial score (nSPS) is 10.9. The van der Waals surface area contributed by atoms with Crippen LogP contribution in [0.15, 0.2) is 58.6 Å². The molecular formula is C21H21BrN2O2. The molecule has 0 aliphatic rings. The number of unbranched alkanes of at least 4 members (excludes halogenated alkanes) is 1. The van der Waals surface area contributed by atoms with Crippen LogP contribution in [0.3, 0.4) is 0 Å². The molecule has 26 heavy (non-hydrogen) atoms. The summed E-state index contributed by atoms with van der Waals surface area (Å²) in [6.45, 7) is 3.02. The van der Waals surface area contributed by atoms with Crippen LogP contribution in [0.2, 0.25) is 0 Å². The maximum absolute atomic E-state index is 12.2. The first-order valence-electron chi connectivity index (χ1n) is 8.50. The predicted octanol–water partition coefficient (Wildman–Crippen LogP) is 4.85. The van der Waals surface area contributed by atoms with Crippen LogP contribution < -0.4 is 10.1 Å². The van der Waals surface area contributed by atoms with E-state index in [9.17, 15) is 10.1 Å². The number of hydrogen-bond donors (Lipinski definition) is 1. The van der Waals surface area contributed by atoms with Crippen LogP contribution in [0.1, 0.15) is 30.9 Å². The first-order chi connectivity index (χ1) is 12.6. The molecule has 0 atom stereocenters. The monoisotopic (exact) mass is 412 g/mol. The zero-order valence-corrected chi connectivity index (χ0v) is 16.3. The van der Waals surface area contributed by atoms with Gasteiger partial charge in [0, 0.05) is 16.6 Å². The lowest BCUT2D eigenvalue weighted by atomic mass is 10.1. The van der Waals surface area contributed by atoms with E-state index in [-0.39, 0.29) is 11.5 Å². The summed E-state index contributed by atoms with van der Waals surface area (Å²) in [6, 6.07) is 17.3. The molecule has 0 aliphatic carbocycles. The molecule has 0 spiro atoms. The van der Waals surface area contributed by atoms with Crippen LogP contribution in [0, 0.1) is 11.3 Å². The Hall–Kier alpha value is -2.58. The molecule has 0 aromatic heterocycles.